The van der Waals surface area contributed by atoms with Gasteiger partial charge in [0.05, 0.1) is 11.3 Å². The van der Waals surface area contributed by atoms with E-state index in [0.29, 0.717) is 12.1 Å². The van der Waals surface area contributed by atoms with Crippen LogP contribution >= 0.6 is 0 Å². The molecule has 5 nitrogen and oxygen atoms in total. The average Bonchev–Trinajstić information content (AvgIpc) is 2.68. The van der Waals surface area contributed by atoms with Crippen LogP contribution in [-0.4, -0.2) is 14.5 Å². The molecule has 0 N–H and O–H groups in total. The Balaban J connectivity index is 1.92. The summed E-state index contributed by atoms with van der Waals surface area (Å²) in [7, 11) is 0. The molecule has 0 spiro atoms. The number of aromatic nitrogens is 3. The minimum atomic E-state index is -4.81. The fourth-order valence-corrected chi connectivity index (χ4v) is 2.77. The van der Waals surface area contributed by atoms with Crippen molar-refractivity contribution in [1.29, 1.82) is 0 Å². The van der Waals surface area contributed by atoms with Crippen LogP contribution in [0.4, 0.5) is 22.0 Å². The van der Waals surface area contributed by atoms with Crippen LogP contribution in [0.2, 0.25) is 0 Å². The zero-order valence-corrected chi connectivity index (χ0v) is 14.8. The molecule has 2 aromatic carbocycles. The zero-order valence-electron chi connectivity index (χ0n) is 14.8. The topological polar surface area (TPSA) is 57.0 Å². The van der Waals surface area contributed by atoms with E-state index < -0.39 is 40.7 Å². The number of fused-ring (bicyclic) bond motifs is 1. The van der Waals surface area contributed by atoms with Gasteiger partial charge in [-0.15, -0.1) is 0 Å². The predicted octanol–water partition coefficient (Wildman–Crippen LogP) is 4.87. The molecule has 4 aromatic rings. The Morgan fingerprint density at radius 3 is 2.37 bits per heavy atom. The summed E-state index contributed by atoms with van der Waals surface area (Å²) in [6.45, 7) is 0. The summed E-state index contributed by atoms with van der Waals surface area (Å²) in [5.74, 6) is -2.27. The van der Waals surface area contributed by atoms with E-state index in [2.05, 4.69) is 9.97 Å². The van der Waals surface area contributed by atoms with E-state index >= 15 is 0 Å². The van der Waals surface area contributed by atoms with Gasteiger partial charge in [-0.25, -0.2) is 18.3 Å². The largest absolute Gasteiger partial charge is 0.425 e. The number of hydrogen-bond donors (Lipinski definition) is 0. The number of nitrogens with zero attached hydrogens (tertiary/aromatic N) is 3. The second-order valence-electron chi connectivity index (χ2n) is 6.16. The van der Waals surface area contributed by atoms with Crippen molar-refractivity contribution in [3.8, 4) is 17.4 Å². The van der Waals surface area contributed by atoms with Gasteiger partial charge in [0, 0.05) is 12.3 Å². The predicted molar refractivity (Wildman–Crippen MR) is 96.6 cm³/mol. The van der Waals surface area contributed by atoms with Gasteiger partial charge in [0.25, 0.3) is 5.56 Å². The standard InChI is InChI=1S/C20H10F5N3O2/c21-12-3-5-14(6-4-12)28-18(29)17-16(2-1-7-26-17)27-19(28)30-15-9-11(20(23,24)25)8-13(22)10-15/h1-10H. The molecule has 0 saturated heterocycles. The molecule has 10 heteroatoms. The van der Waals surface area contributed by atoms with Crippen LogP contribution in [0.3, 0.4) is 0 Å². The summed E-state index contributed by atoms with van der Waals surface area (Å²) in [6.07, 6.45) is -3.44. The SMILES string of the molecule is O=c1c2ncccc2nc(Oc2cc(F)cc(C(F)(F)F)c2)n1-c1ccc(F)cc1. The van der Waals surface area contributed by atoms with Crippen LogP contribution in [0, 0.1) is 11.6 Å². The van der Waals surface area contributed by atoms with Crippen molar-refractivity contribution >= 4 is 11.0 Å². The lowest BCUT2D eigenvalue weighted by atomic mass is 10.2. The van der Waals surface area contributed by atoms with Gasteiger partial charge in [0.1, 0.15) is 22.9 Å². The lowest BCUT2D eigenvalue weighted by molar-refractivity contribution is -0.137. The van der Waals surface area contributed by atoms with Crippen LogP contribution in [0.1, 0.15) is 5.56 Å². The van der Waals surface area contributed by atoms with E-state index in [1.54, 1.807) is 0 Å². The monoisotopic (exact) mass is 419 g/mol. The third-order valence-electron chi connectivity index (χ3n) is 4.09. The van der Waals surface area contributed by atoms with Gasteiger partial charge < -0.3 is 4.74 Å². The minimum absolute atomic E-state index is 0.0376. The molecule has 0 bridgehead atoms. The lowest BCUT2D eigenvalue weighted by Crippen LogP contribution is -2.22. The first-order valence-corrected chi connectivity index (χ1v) is 8.42. The van der Waals surface area contributed by atoms with Gasteiger partial charge >= 0.3 is 12.2 Å². The van der Waals surface area contributed by atoms with E-state index in [4.69, 9.17) is 4.74 Å². The van der Waals surface area contributed by atoms with Crippen molar-refractivity contribution in [2.24, 2.45) is 0 Å². The Hall–Kier alpha value is -3.82. The number of ether oxygens (including phenoxy) is 1. The van der Waals surface area contributed by atoms with E-state index in [9.17, 15) is 26.7 Å². The molecule has 0 aliphatic rings. The van der Waals surface area contributed by atoms with Crippen LogP contribution < -0.4 is 10.3 Å². The molecule has 0 fully saturated rings. The summed E-state index contributed by atoms with van der Waals surface area (Å²) in [5, 5.41) is 0. The highest BCUT2D eigenvalue weighted by Gasteiger charge is 2.32. The molecule has 4 rings (SSSR count). The Labute approximate surface area is 165 Å². The number of hydrogen-bond acceptors (Lipinski definition) is 4. The molecular formula is C20H10F5N3O2. The van der Waals surface area contributed by atoms with Crippen molar-refractivity contribution in [1.82, 2.24) is 14.5 Å². The summed E-state index contributed by atoms with van der Waals surface area (Å²) < 4.78 is 72.4. The first-order chi connectivity index (χ1) is 14.2. The Kier molecular flexibility index (Phi) is 4.69. The molecule has 152 valence electrons. The smallest absolute Gasteiger partial charge is 0.416 e. The summed E-state index contributed by atoms with van der Waals surface area (Å²) in [4.78, 5) is 21.0. The Morgan fingerprint density at radius 1 is 0.933 bits per heavy atom. The van der Waals surface area contributed by atoms with Crippen molar-refractivity contribution in [3.63, 3.8) is 0 Å². The fraction of sp³-hybridized carbons (Fsp3) is 0.0500. The molecule has 0 radical (unpaired) electrons. The van der Waals surface area contributed by atoms with Crippen LogP contribution in [0.15, 0.2) is 65.6 Å². The van der Waals surface area contributed by atoms with E-state index in [-0.39, 0.29) is 16.7 Å². The third-order valence-corrected chi connectivity index (χ3v) is 4.09. The van der Waals surface area contributed by atoms with Crippen molar-refractivity contribution in [3.05, 3.63) is 88.3 Å². The quantitative estimate of drug-likeness (QED) is 0.445. The summed E-state index contributed by atoms with van der Waals surface area (Å²) in [6, 6.07) is 8.82. The van der Waals surface area contributed by atoms with Crippen LogP contribution in [-0.2, 0) is 6.18 Å². The molecule has 2 aromatic heterocycles. The molecule has 0 unspecified atom stereocenters. The van der Waals surface area contributed by atoms with Gasteiger partial charge in [-0.2, -0.15) is 18.2 Å². The van der Waals surface area contributed by atoms with Crippen LogP contribution in [0.25, 0.3) is 16.7 Å². The molecule has 2 heterocycles. The number of pyridine rings is 1. The van der Waals surface area contributed by atoms with Gasteiger partial charge in [-0.1, -0.05) is 0 Å². The highest BCUT2D eigenvalue weighted by atomic mass is 19.4. The molecule has 0 aliphatic carbocycles. The maximum Gasteiger partial charge on any atom is 0.416 e. The highest BCUT2D eigenvalue weighted by molar-refractivity contribution is 5.73. The first kappa shape index (κ1) is 19.5. The maximum atomic E-state index is 13.7. The number of benzene rings is 2. The van der Waals surface area contributed by atoms with Gasteiger partial charge in [-0.3, -0.25) is 4.79 Å². The molecule has 0 atom stereocenters. The lowest BCUT2D eigenvalue weighted by Gasteiger charge is -2.15. The Bertz CT molecular complexity index is 1300. The van der Waals surface area contributed by atoms with Gasteiger partial charge in [-0.05, 0) is 48.5 Å². The second-order valence-corrected chi connectivity index (χ2v) is 6.16. The van der Waals surface area contributed by atoms with E-state index in [0.717, 1.165) is 22.8 Å². The molecule has 0 aliphatic heterocycles. The number of rotatable bonds is 3. The normalized spacial score (nSPS) is 11.6. The number of halogens is 5. The van der Waals surface area contributed by atoms with Crippen molar-refractivity contribution in [2.75, 3.05) is 0 Å². The van der Waals surface area contributed by atoms with Gasteiger partial charge in [0.2, 0.25) is 0 Å². The molecule has 0 saturated carbocycles. The molecule has 30 heavy (non-hydrogen) atoms. The fourth-order valence-electron chi connectivity index (χ4n) is 2.77. The van der Waals surface area contributed by atoms with E-state index in [1.807, 2.05) is 0 Å². The Morgan fingerprint density at radius 2 is 1.67 bits per heavy atom. The van der Waals surface area contributed by atoms with Gasteiger partial charge in [0.15, 0.2) is 5.52 Å². The second kappa shape index (κ2) is 7.21. The maximum absolute atomic E-state index is 13.7. The van der Waals surface area contributed by atoms with Crippen LogP contribution in [0.5, 0.6) is 11.8 Å². The molecule has 0 amide bonds. The minimum Gasteiger partial charge on any atom is -0.425 e. The summed E-state index contributed by atoms with van der Waals surface area (Å²) in [5.41, 5.74) is -1.76. The van der Waals surface area contributed by atoms with E-state index in [1.165, 1.54) is 30.5 Å². The average molecular weight is 419 g/mol. The summed E-state index contributed by atoms with van der Waals surface area (Å²) >= 11 is 0. The van der Waals surface area contributed by atoms with Crippen molar-refractivity contribution in [2.45, 2.75) is 6.18 Å². The first-order valence-electron chi connectivity index (χ1n) is 8.42. The zero-order chi connectivity index (χ0) is 21.5. The molecular weight excluding hydrogens is 409 g/mol. The van der Waals surface area contributed by atoms with Crippen molar-refractivity contribution < 1.29 is 26.7 Å². The number of alkyl halides is 3. The third kappa shape index (κ3) is 3.71. The highest BCUT2D eigenvalue weighted by Crippen LogP contribution is 2.33.